The lowest BCUT2D eigenvalue weighted by Gasteiger charge is -2.11. The molecule has 1 unspecified atom stereocenters. The quantitative estimate of drug-likeness (QED) is 0.460. The van der Waals surface area contributed by atoms with Crippen LogP contribution in [0.25, 0.3) is 0 Å². The minimum absolute atomic E-state index is 0.0118. The monoisotopic (exact) mass is 182 g/mol. The van der Waals surface area contributed by atoms with Crippen LogP contribution in [0.5, 0.6) is 0 Å². The van der Waals surface area contributed by atoms with E-state index in [0.717, 1.165) is 13.1 Å². The van der Waals surface area contributed by atoms with Gasteiger partial charge in [0.05, 0.1) is 0 Å². The van der Waals surface area contributed by atoms with Crippen molar-refractivity contribution >= 4 is 5.91 Å². The summed E-state index contributed by atoms with van der Waals surface area (Å²) in [5.74, 6) is 2.55. The molecule has 0 rings (SSSR count). The van der Waals surface area contributed by atoms with Crippen LogP contribution in [0.3, 0.4) is 0 Å². The number of carbonyl (C=O) groups excluding carboxylic acids is 1. The Balaban J connectivity index is 3.52. The van der Waals surface area contributed by atoms with Crippen molar-refractivity contribution in [3.8, 4) is 12.3 Å². The van der Waals surface area contributed by atoms with Gasteiger partial charge < -0.3 is 10.6 Å². The van der Waals surface area contributed by atoms with Gasteiger partial charge in [-0.25, -0.2) is 0 Å². The topological polar surface area (TPSA) is 41.1 Å². The molecule has 0 saturated heterocycles. The van der Waals surface area contributed by atoms with Crippen LogP contribution in [-0.2, 0) is 4.79 Å². The van der Waals surface area contributed by atoms with Gasteiger partial charge >= 0.3 is 0 Å². The summed E-state index contributed by atoms with van der Waals surface area (Å²) in [6, 6.07) is 0. The maximum absolute atomic E-state index is 11.3. The summed E-state index contributed by atoms with van der Waals surface area (Å²) in [4.78, 5) is 11.3. The Morgan fingerprint density at radius 2 is 2.31 bits per heavy atom. The van der Waals surface area contributed by atoms with E-state index in [0.29, 0.717) is 13.0 Å². The summed E-state index contributed by atoms with van der Waals surface area (Å²) in [5, 5.41) is 5.89. The van der Waals surface area contributed by atoms with Gasteiger partial charge in [0.2, 0.25) is 5.91 Å². The molecule has 0 aromatic heterocycles. The molecule has 0 saturated carbocycles. The third kappa shape index (κ3) is 6.18. The molecule has 0 aliphatic heterocycles. The third-order valence-corrected chi connectivity index (χ3v) is 1.72. The smallest absolute Gasteiger partial charge is 0.224 e. The molecule has 0 aromatic carbocycles. The van der Waals surface area contributed by atoms with Crippen molar-refractivity contribution in [2.75, 3.05) is 19.6 Å². The molecular weight excluding hydrogens is 164 g/mol. The number of carbonyl (C=O) groups is 1. The van der Waals surface area contributed by atoms with Gasteiger partial charge in [0.25, 0.3) is 0 Å². The molecule has 0 aliphatic rings. The fourth-order valence-corrected chi connectivity index (χ4v) is 0.886. The number of terminal acetylenes is 1. The Labute approximate surface area is 80.3 Å². The first kappa shape index (κ1) is 12.0. The Morgan fingerprint density at radius 1 is 1.62 bits per heavy atom. The van der Waals surface area contributed by atoms with Crippen LogP contribution in [-0.4, -0.2) is 25.5 Å². The summed E-state index contributed by atoms with van der Waals surface area (Å²) in [7, 11) is 0. The molecule has 2 N–H and O–H groups in total. The maximum Gasteiger partial charge on any atom is 0.224 e. The zero-order valence-electron chi connectivity index (χ0n) is 8.39. The predicted octanol–water partition coefficient (Wildman–Crippen LogP) is 0.371. The highest BCUT2D eigenvalue weighted by Crippen LogP contribution is 1.91. The summed E-state index contributed by atoms with van der Waals surface area (Å²) in [6.45, 7) is 6.10. The first-order valence-electron chi connectivity index (χ1n) is 4.64. The number of nitrogens with one attached hydrogen (secondary N) is 2. The van der Waals surface area contributed by atoms with Crippen LogP contribution in [0.1, 0.15) is 20.3 Å². The van der Waals surface area contributed by atoms with Gasteiger partial charge in [-0.05, 0) is 6.54 Å². The maximum atomic E-state index is 11.3. The SMILES string of the molecule is C#CCCNC(=O)C(C)CNCC. The molecule has 3 nitrogen and oxygen atoms in total. The number of amides is 1. The van der Waals surface area contributed by atoms with Gasteiger partial charge in [-0.3, -0.25) is 4.79 Å². The summed E-state index contributed by atoms with van der Waals surface area (Å²) in [6.07, 6.45) is 5.65. The van der Waals surface area contributed by atoms with Crippen LogP contribution in [0.15, 0.2) is 0 Å². The normalized spacial score (nSPS) is 11.8. The van der Waals surface area contributed by atoms with E-state index in [2.05, 4.69) is 16.6 Å². The third-order valence-electron chi connectivity index (χ3n) is 1.72. The number of rotatable bonds is 6. The second kappa shape index (κ2) is 7.63. The highest BCUT2D eigenvalue weighted by molar-refractivity contribution is 5.78. The fourth-order valence-electron chi connectivity index (χ4n) is 0.886. The molecule has 0 aromatic rings. The lowest BCUT2D eigenvalue weighted by molar-refractivity contribution is -0.124. The van der Waals surface area contributed by atoms with Crippen LogP contribution in [0.2, 0.25) is 0 Å². The van der Waals surface area contributed by atoms with E-state index in [1.807, 2.05) is 13.8 Å². The van der Waals surface area contributed by atoms with E-state index in [-0.39, 0.29) is 11.8 Å². The Bertz CT molecular complexity index is 184. The fraction of sp³-hybridized carbons (Fsp3) is 0.700. The van der Waals surface area contributed by atoms with Gasteiger partial charge in [-0.2, -0.15) is 0 Å². The molecule has 0 bridgehead atoms. The van der Waals surface area contributed by atoms with Crippen molar-refractivity contribution in [2.45, 2.75) is 20.3 Å². The van der Waals surface area contributed by atoms with E-state index in [1.54, 1.807) is 0 Å². The molecular formula is C10H18N2O. The van der Waals surface area contributed by atoms with Crippen molar-refractivity contribution in [1.82, 2.24) is 10.6 Å². The van der Waals surface area contributed by atoms with E-state index in [1.165, 1.54) is 0 Å². The molecule has 3 heteroatoms. The Kier molecular flexibility index (Phi) is 7.04. The van der Waals surface area contributed by atoms with Gasteiger partial charge in [-0.1, -0.05) is 13.8 Å². The second-order valence-electron chi connectivity index (χ2n) is 2.95. The average molecular weight is 182 g/mol. The molecule has 1 amide bonds. The Hall–Kier alpha value is -1.01. The average Bonchev–Trinajstić information content (AvgIpc) is 2.14. The number of hydrogen-bond donors (Lipinski definition) is 2. The largest absolute Gasteiger partial charge is 0.355 e. The van der Waals surface area contributed by atoms with Crippen LogP contribution < -0.4 is 10.6 Å². The van der Waals surface area contributed by atoms with Crippen molar-refractivity contribution in [3.05, 3.63) is 0 Å². The molecule has 1 atom stereocenters. The van der Waals surface area contributed by atoms with E-state index in [9.17, 15) is 4.79 Å². The lowest BCUT2D eigenvalue weighted by Crippen LogP contribution is -2.35. The molecule has 0 aliphatic carbocycles. The van der Waals surface area contributed by atoms with Crippen LogP contribution >= 0.6 is 0 Å². The van der Waals surface area contributed by atoms with Crippen LogP contribution in [0.4, 0.5) is 0 Å². The van der Waals surface area contributed by atoms with Crippen molar-refractivity contribution in [2.24, 2.45) is 5.92 Å². The van der Waals surface area contributed by atoms with E-state index < -0.39 is 0 Å². The summed E-state index contributed by atoms with van der Waals surface area (Å²) in [5.41, 5.74) is 0. The molecule has 0 heterocycles. The molecule has 0 radical (unpaired) electrons. The zero-order valence-corrected chi connectivity index (χ0v) is 8.39. The van der Waals surface area contributed by atoms with Gasteiger partial charge in [-0.15, -0.1) is 12.3 Å². The predicted molar refractivity (Wildman–Crippen MR) is 54.2 cm³/mol. The van der Waals surface area contributed by atoms with E-state index in [4.69, 9.17) is 6.42 Å². The summed E-state index contributed by atoms with van der Waals surface area (Å²) >= 11 is 0. The standard InChI is InChI=1S/C10H18N2O/c1-4-6-7-12-10(13)9(3)8-11-5-2/h1,9,11H,5-8H2,2-3H3,(H,12,13). The van der Waals surface area contributed by atoms with Gasteiger partial charge in [0.15, 0.2) is 0 Å². The molecule has 0 spiro atoms. The van der Waals surface area contributed by atoms with E-state index >= 15 is 0 Å². The highest BCUT2D eigenvalue weighted by atomic mass is 16.1. The van der Waals surface area contributed by atoms with Crippen molar-refractivity contribution in [3.63, 3.8) is 0 Å². The second-order valence-corrected chi connectivity index (χ2v) is 2.95. The van der Waals surface area contributed by atoms with Crippen molar-refractivity contribution in [1.29, 1.82) is 0 Å². The van der Waals surface area contributed by atoms with Gasteiger partial charge in [0, 0.05) is 25.4 Å². The first-order valence-corrected chi connectivity index (χ1v) is 4.64. The lowest BCUT2D eigenvalue weighted by atomic mass is 10.1. The number of hydrogen-bond acceptors (Lipinski definition) is 2. The molecule has 0 fully saturated rings. The minimum Gasteiger partial charge on any atom is -0.355 e. The molecule has 13 heavy (non-hydrogen) atoms. The van der Waals surface area contributed by atoms with Gasteiger partial charge in [0.1, 0.15) is 0 Å². The zero-order chi connectivity index (χ0) is 10.1. The summed E-state index contributed by atoms with van der Waals surface area (Å²) < 4.78 is 0. The Morgan fingerprint density at radius 3 is 2.85 bits per heavy atom. The molecule has 74 valence electrons. The van der Waals surface area contributed by atoms with Crippen molar-refractivity contribution < 1.29 is 4.79 Å². The minimum atomic E-state index is 0.0118. The van der Waals surface area contributed by atoms with Crippen LogP contribution in [0, 0.1) is 18.3 Å². The first-order chi connectivity index (χ1) is 6.22. The highest BCUT2D eigenvalue weighted by Gasteiger charge is 2.10.